The topological polar surface area (TPSA) is 55.1 Å². The molecule has 1 atom stereocenters. The van der Waals surface area contributed by atoms with Crippen molar-refractivity contribution in [3.63, 3.8) is 0 Å². The highest BCUT2D eigenvalue weighted by Crippen LogP contribution is 2.19. The van der Waals surface area contributed by atoms with Gasteiger partial charge in [0.25, 0.3) is 0 Å². The Hall–Kier alpha value is -0.690. The first kappa shape index (κ1) is 13.4. The molecular weight excluding hydrogens is 322 g/mol. The zero-order chi connectivity index (χ0) is 12.3. The van der Waals surface area contributed by atoms with E-state index in [9.17, 15) is 9.18 Å². The second-order valence-electron chi connectivity index (χ2n) is 3.88. The monoisotopic (exact) mass is 336 g/mol. The molecule has 0 aliphatic heterocycles. The smallest absolute Gasteiger partial charge is 0.241 e. The summed E-state index contributed by atoms with van der Waals surface area (Å²) in [7, 11) is 0. The highest BCUT2D eigenvalue weighted by Gasteiger charge is 2.17. The summed E-state index contributed by atoms with van der Waals surface area (Å²) >= 11 is 1.96. The SMILES string of the molecule is CC(C)C(N)C(=O)Nc1ccc(F)cc1I. The van der Waals surface area contributed by atoms with Crippen molar-refractivity contribution in [2.24, 2.45) is 11.7 Å². The van der Waals surface area contributed by atoms with Gasteiger partial charge in [0.2, 0.25) is 5.91 Å². The average Bonchev–Trinajstić information content (AvgIpc) is 2.20. The predicted molar refractivity (Wildman–Crippen MR) is 70.6 cm³/mol. The van der Waals surface area contributed by atoms with Crippen LogP contribution in [0.15, 0.2) is 18.2 Å². The van der Waals surface area contributed by atoms with Gasteiger partial charge in [-0.3, -0.25) is 4.79 Å². The van der Waals surface area contributed by atoms with Crippen LogP contribution in [-0.2, 0) is 4.79 Å². The molecule has 0 spiro atoms. The minimum Gasteiger partial charge on any atom is -0.324 e. The van der Waals surface area contributed by atoms with Crippen molar-refractivity contribution < 1.29 is 9.18 Å². The van der Waals surface area contributed by atoms with E-state index in [2.05, 4.69) is 5.32 Å². The summed E-state index contributed by atoms with van der Waals surface area (Å²) in [6, 6.07) is 3.64. The fraction of sp³-hybridized carbons (Fsp3) is 0.364. The lowest BCUT2D eigenvalue weighted by molar-refractivity contribution is -0.118. The number of amides is 1. The van der Waals surface area contributed by atoms with Crippen molar-refractivity contribution in [3.8, 4) is 0 Å². The van der Waals surface area contributed by atoms with Crippen LogP contribution in [0.4, 0.5) is 10.1 Å². The van der Waals surface area contributed by atoms with Crippen molar-refractivity contribution in [3.05, 3.63) is 27.6 Å². The van der Waals surface area contributed by atoms with Crippen LogP contribution < -0.4 is 11.1 Å². The number of rotatable bonds is 3. The Balaban J connectivity index is 2.77. The minimum absolute atomic E-state index is 0.0677. The molecule has 3 N–H and O–H groups in total. The van der Waals surface area contributed by atoms with Gasteiger partial charge in [-0.25, -0.2) is 4.39 Å². The van der Waals surface area contributed by atoms with E-state index in [0.717, 1.165) is 0 Å². The summed E-state index contributed by atoms with van der Waals surface area (Å²) in [4.78, 5) is 11.7. The van der Waals surface area contributed by atoms with Crippen LogP contribution in [0.25, 0.3) is 0 Å². The van der Waals surface area contributed by atoms with Crippen molar-refractivity contribution in [1.29, 1.82) is 0 Å². The number of hydrogen-bond donors (Lipinski definition) is 2. The number of nitrogens with one attached hydrogen (secondary N) is 1. The molecule has 0 bridgehead atoms. The van der Waals surface area contributed by atoms with E-state index in [0.29, 0.717) is 9.26 Å². The van der Waals surface area contributed by atoms with Crippen molar-refractivity contribution in [1.82, 2.24) is 0 Å². The number of halogens is 2. The average molecular weight is 336 g/mol. The van der Waals surface area contributed by atoms with Crippen molar-refractivity contribution in [2.75, 3.05) is 5.32 Å². The summed E-state index contributed by atoms with van der Waals surface area (Å²) in [5.74, 6) is -0.506. The highest BCUT2D eigenvalue weighted by molar-refractivity contribution is 14.1. The van der Waals surface area contributed by atoms with Gasteiger partial charge in [-0.15, -0.1) is 0 Å². The van der Waals surface area contributed by atoms with Gasteiger partial charge in [0.15, 0.2) is 0 Å². The van der Waals surface area contributed by atoms with Crippen molar-refractivity contribution >= 4 is 34.2 Å². The molecule has 0 radical (unpaired) electrons. The lowest BCUT2D eigenvalue weighted by Crippen LogP contribution is -2.39. The van der Waals surface area contributed by atoms with Gasteiger partial charge < -0.3 is 11.1 Å². The van der Waals surface area contributed by atoms with Crippen LogP contribution in [0.2, 0.25) is 0 Å². The molecule has 1 aromatic rings. The lowest BCUT2D eigenvalue weighted by atomic mass is 10.1. The fourth-order valence-electron chi connectivity index (χ4n) is 1.11. The van der Waals surface area contributed by atoms with Gasteiger partial charge in [-0.1, -0.05) is 13.8 Å². The molecule has 0 fully saturated rings. The molecule has 0 aromatic heterocycles. The molecule has 5 heteroatoms. The third-order valence-corrected chi connectivity index (χ3v) is 3.10. The Labute approximate surface area is 108 Å². The van der Waals surface area contributed by atoms with Gasteiger partial charge in [-0.2, -0.15) is 0 Å². The standard InChI is InChI=1S/C11H14FIN2O/c1-6(2)10(14)11(16)15-9-4-3-7(12)5-8(9)13/h3-6,10H,14H2,1-2H3,(H,15,16). The van der Waals surface area contributed by atoms with Gasteiger partial charge in [0, 0.05) is 3.57 Å². The lowest BCUT2D eigenvalue weighted by Gasteiger charge is -2.16. The second-order valence-corrected chi connectivity index (χ2v) is 5.05. The highest BCUT2D eigenvalue weighted by atomic mass is 127. The molecule has 3 nitrogen and oxygen atoms in total. The maximum Gasteiger partial charge on any atom is 0.241 e. The Bertz CT molecular complexity index is 396. The summed E-state index contributed by atoms with van der Waals surface area (Å²) < 4.78 is 13.5. The van der Waals surface area contributed by atoms with Crippen LogP contribution >= 0.6 is 22.6 Å². The van der Waals surface area contributed by atoms with E-state index in [1.165, 1.54) is 18.2 Å². The van der Waals surface area contributed by atoms with Crippen LogP contribution in [0.3, 0.4) is 0 Å². The fourth-order valence-corrected chi connectivity index (χ4v) is 1.72. The normalized spacial score (nSPS) is 12.6. The number of carbonyl (C=O) groups is 1. The Kier molecular flexibility index (Phi) is 4.67. The summed E-state index contributed by atoms with van der Waals surface area (Å²) in [6.07, 6.45) is 0. The number of carbonyl (C=O) groups excluding carboxylic acids is 1. The first-order chi connectivity index (χ1) is 7.41. The number of benzene rings is 1. The molecular formula is C11H14FIN2O. The van der Waals surface area contributed by atoms with Gasteiger partial charge in [0.1, 0.15) is 5.82 Å². The number of anilines is 1. The van der Waals surface area contributed by atoms with E-state index in [1.54, 1.807) is 0 Å². The van der Waals surface area contributed by atoms with Crippen LogP contribution in [0, 0.1) is 15.3 Å². The van der Waals surface area contributed by atoms with E-state index >= 15 is 0 Å². The molecule has 0 aliphatic carbocycles. The quantitative estimate of drug-likeness (QED) is 0.833. The van der Waals surface area contributed by atoms with E-state index in [1.807, 2.05) is 36.4 Å². The summed E-state index contributed by atoms with van der Waals surface area (Å²) in [6.45, 7) is 3.75. The zero-order valence-corrected chi connectivity index (χ0v) is 11.3. The molecule has 1 aromatic carbocycles. The Morgan fingerprint density at radius 1 is 1.50 bits per heavy atom. The summed E-state index contributed by atoms with van der Waals surface area (Å²) in [5.41, 5.74) is 6.29. The third-order valence-electron chi connectivity index (χ3n) is 2.21. The van der Waals surface area contributed by atoms with Crippen LogP contribution in [0.5, 0.6) is 0 Å². The Morgan fingerprint density at radius 3 is 2.62 bits per heavy atom. The molecule has 0 saturated heterocycles. The first-order valence-electron chi connectivity index (χ1n) is 4.93. The van der Waals surface area contributed by atoms with Crippen molar-refractivity contribution in [2.45, 2.75) is 19.9 Å². The van der Waals surface area contributed by atoms with E-state index in [-0.39, 0.29) is 17.6 Å². The second kappa shape index (κ2) is 5.58. The molecule has 0 saturated carbocycles. The Morgan fingerprint density at radius 2 is 2.12 bits per heavy atom. The molecule has 1 rings (SSSR count). The molecule has 0 aliphatic rings. The predicted octanol–water partition coefficient (Wildman–Crippen LogP) is 2.35. The van der Waals surface area contributed by atoms with Gasteiger partial charge in [-0.05, 0) is 46.7 Å². The maximum absolute atomic E-state index is 12.8. The van der Waals surface area contributed by atoms with Crippen LogP contribution in [0.1, 0.15) is 13.8 Å². The van der Waals surface area contributed by atoms with Crippen LogP contribution in [-0.4, -0.2) is 11.9 Å². The van der Waals surface area contributed by atoms with Gasteiger partial charge in [0.05, 0.1) is 11.7 Å². The van der Waals surface area contributed by atoms with E-state index in [4.69, 9.17) is 5.73 Å². The largest absolute Gasteiger partial charge is 0.324 e. The minimum atomic E-state index is -0.555. The van der Waals surface area contributed by atoms with E-state index < -0.39 is 6.04 Å². The number of hydrogen-bond acceptors (Lipinski definition) is 2. The zero-order valence-electron chi connectivity index (χ0n) is 9.13. The maximum atomic E-state index is 12.8. The summed E-state index contributed by atoms with van der Waals surface area (Å²) in [5, 5.41) is 2.68. The molecule has 88 valence electrons. The van der Waals surface area contributed by atoms with Gasteiger partial charge >= 0.3 is 0 Å². The molecule has 16 heavy (non-hydrogen) atoms. The third kappa shape index (κ3) is 3.41. The molecule has 0 heterocycles. The molecule has 1 amide bonds. The first-order valence-corrected chi connectivity index (χ1v) is 6.01. The number of nitrogens with two attached hydrogens (primary N) is 1. The molecule has 1 unspecified atom stereocenters.